The zero-order valence-corrected chi connectivity index (χ0v) is 11.4. The Hall–Kier alpha value is 0.0600. The van der Waals surface area contributed by atoms with Crippen LogP contribution in [0.2, 0.25) is 0 Å². The molecule has 12 nitrogen and oxygen atoms in total. The first-order valence-electron chi connectivity index (χ1n) is 5.04. The van der Waals surface area contributed by atoms with Crippen molar-refractivity contribution in [1.82, 2.24) is 0 Å². The molecule has 5 atom stereocenters. The van der Waals surface area contributed by atoms with Crippen molar-refractivity contribution >= 4 is 15.6 Å². The molecule has 1 saturated heterocycles. The van der Waals surface area contributed by atoms with E-state index in [-0.39, 0.29) is 0 Å². The molecule has 0 aromatic heterocycles. The molecule has 0 aromatic carbocycles. The maximum Gasteiger partial charge on any atom is 0.472 e. The number of hydrogen-bond donors (Lipinski definition) is 7. The van der Waals surface area contributed by atoms with Crippen LogP contribution in [0.25, 0.3) is 0 Å². The quantitative estimate of drug-likeness (QED) is 0.249. The van der Waals surface area contributed by atoms with Crippen LogP contribution in [0.3, 0.4) is 0 Å². The van der Waals surface area contributed by atoms with Gasteiger partial charge in [0.15, 0.2) is 6.29 Å². The number of aliphatic hydroxyl groups excluding tert-OH is 3. The summed E-state index contributed by atoms with van der Waals surface area (Å²) in [7, 11) is -9.95. The van der Waals surface area contributed by atoms with E-state index in [1.54, 1.807) is 0 Å². The molecule has 0 aliphatic carbocycles. The van der Waals surface area contributed by atoms with Crippen molar-refractivity contribution < 1.29 is 57.8 Å². The van der Waals surface area contributed by atoms with Gasteiger partial charge in [0.05, 0.1) is 6.61 Å². The number of hydrogen-bond acceptors (Lipinski definition) is 8. The van der Waals surface area contributed by atoms with Crippen molar-refractivity contribution in [2.24, 2.45) is 0 Å². The lowest BCUT2D eigenvalue weighted by Gasteiger charge is -2.39. The van der Waals surface area contributed by atoms with E-state index >= 15 is 0 Å². The van der Waals surface area contributed by atoms with Crippen molar-refractivity contribution in [3.8, 4) is 0 Å². The van der Waals surface area contributed by atoms with Crippen LogP contribution >= 0.6 is 15.6 Å². The topological polar surface area (TPSA) is 203 Å². The third-order valence-electron chi connectivity index (χ3n) is 2.32. The molecule has 1 aliphatic heterocycles. The van der Waals surface area contributed by atoms with Crippen LogP contribution in [0.1, 0.15) is 0 Å². The maximum absolute atomic E-state index is 10.6. The zero-order chi connectivity index (χ0) is 15.7. The Labute approximate surface area is 112 Å². The normalized spacial score (nSPS) is 36.0. The summed E-state index contributed by atoms with van der Waals surface area (Å²) >= 11 is 0. The van der Waals surface area contributed by atoms with Crippen molar-refractivity contribution in [3.05, 3.63) is 0 Å². The van der Waals surface area contributed by atoms with Crippen LogP contribution < -0.4 is 0 Å². The predicted molar refractivity (Wildman–Crippen MR) is 57.8 cm³/mol. The number of aliphatic hydroxyl groups is 3. The molecule has 0 spiro atoms. The Bertz CT molecular complexity index is 412. The largest absolute Gasteiger partial charge is 0.472 e. The van der Waals surface area contributed by atoms with Crippen LogP contribution in [-0.2, 0) is 22.9 Å². The summed E-state index contributed by atoms with van der Waals surface area (Å²) < 4.78 is 33.9. The van der Waals surface area contributed by atoms with E-state index in [0.29, 0.717) is 0 Å². The fourth-order valence-corrected chi connectivity index (χ4v) is 2.23. The second-order valence-electron chi connectivity index (χ2n) is 3.90. The number of phosphoric ester groups is 2. The van der Waals surface area contributed by atoms with Gasteiger partial charge in [-0.05, 0) is 0 Å². The second kappa shape index (κ2) is 6.44. The Morgan fingerprint density at radius 1 is 0.900 bits per heavy atom. The second-order valence-corrected chi connectivity index (χ2v) is 6.33. The average Bonchev–Trinajstić information content (AvgIpc) is 2.25. The van der Waals surface area contributed by atoms with E-state index in [2.05, 4.69) is 9.05 Å². The van der Waals surface area contributed by atoms with Gasteiger partial charge in [0.25, 0.3) is 0 Å². The molecule has 20 heavy (non-hydrogen) atoms. The minimum absolute atomic E-state index is 0.907. The van der Waals surface area contributed by atoms with E-state index < -0.39 is 53.0 Å². The van der Waals surface area contributed by atoms with Gasteiger partial charge in [-0.1, -0.05) is 0 Å². The first kappa shape index (κ1) is 18.1. The van der Waals surface area contributed by atoms with E-state index in [0.717, 1.165) is 0 Å². The van der Waals surface area contributed by atoms with E-state index in [1.807, 2.05) is 0 Å². The molecule has 1 rings (SSSR count). The molecular weight excluding hydrogens is 330 g/mol. The Kier molecular flexibility index (Phi) is 5.83. The Morgan fingerprint density at radius 3 is 1.90 bits per heavy atom. The summed E-state index contributed by atoms with van der Waals surface area (Å²) in [5.41, 5.74) is 0. The monoisotopic (exact) mass is 344 g/mol. The molecule has 120 valence electrons. The van der Waals surface area contributed by atoms with Crippen molar-refractivity contribution in [1.29, 1.82) is 0 Å². The van der Waals surface area contributed by atoms with Crippen molar-refractivity contribution in [2.75, 3.05) is 6.61 Å². The average molecular weight is 344 g/mol. The molecule has 0 aromatic rings. The molecular formula is C6H14O12P2. The molecule has 0 radical (unpaired) electrons. The lowest BCUT2D eigenvalue weighted by Crippen LogP contribution is -2.59. The van der Waals surface area contributed by atoms with Gasteiger partial charge in [-0.15, -0.1) is 0 Å². The predicted octanol–water partition coefficient (Wildman–Crippen LogP) is -2.99. The zero-order valence-electron chi connectivity index (χ0n) is 9.66. The van der Waals surface area contributed by atoms with E-state index in [9.17, 15) is 24.4 Å². The highest BCUT2D eigenvalue weighted by Gasteiger charge is 2.47. The van der Waals surface area contributed by atoms with Gasteiger partial charge in [0.2, 0.25) is 0 Å². The van der Waals surface area contributed by atoms with Crippen molar-refractivity contribution in [2.45, 2.75) is 30.7 Å². The lowest BCUT2D eigenvalue weighted by atomic mass is 10.00. The summed E-state index contributed by atoms with van der Waals surface area (Å²) in [4.78, 5) is 34.1. The highest BCUT2D eigenvalue weighted by molar-refractivity contribution is 7.46. The molecule has 14 heteroatoms. The minimum Gasteiger partial charge on any atom is -0.387 e. The van der Waals surface area contributed by atoms with Gasteiger partial charge < -0.3 is 39.6 Å². The molecule has 0 saturated carbocycles. The molecule has 1 heterocycles. The maximum atomic E-state index is 10.6. The van der Waals surface area contributed by atoms with Gasteiger partial charge in [-0.2, -0.15) is 0 Å². The molecule has 1 fully saturated rings. The fraction of sp³-hybridized carbons (Fsp3) is 1.00. The van der Waals surface area contributed by atoms with Crippen LogP contribution in [0.4, 0.5) is 0 Å². The standard InChI is InChI=1S/C6H14O12P2/c7-3-2(1-16-19(10,11)12)17-6(5(9)4(3)8)18-20(13,14)15/h2-9H,1H2,(H2,10,11,12)(H2,13,14,15)/t2-,3-,4+,5-,6-/m1/s1/i19+2,20+2. The molecule has 7 N–H and O–H groups in total. The van der Waals surface area contributed by atoms with Gasteiger partial charge in [0, 0.05) is 0 Å². The summed E-state index contributed by atoms with van der Waals surface area (Å²) in [5.74, 6) is 0. The first-order valence-corrected chi connectivity index (χ1v) is 8.10. The first-order chi connectivity index (χ1) is 8.91. The highest BCUT2D eigenvalue weighted by atomic mass is 33.2. The summed E-state index contributed by atoms with van der Waals surface area (Å²) in [6, 6.07) is 0. The summed E-state index contributed by atoms with van der Waals surface area (Å²) in [6.45, 7) is -0.907. The lowest BCUT2D eigenvalue weighted by molar-refractivity contribution is -0.279. The fourth-order valence-electron chi connectivity index (χ4n) is 1.45. The molecule has 0 amide bonds. The van der Waals surface area contributed by atoms with Gasteiger partial charge >= 0.3 is 15.6 Å². The summed E-state index contributed by atoms with van der Waals surface area (Å²) in [6.07, 6.45) is -9.32. The van der Waals surface area contributed by atoms with Crippen LogP contribution in [0.15, 0.2) is 0 Å². The van der Waals surface area contributed by atoms with Crippen LogP contribution in [0.5, 0.6) is 0 Å². The van der Waals surface area contributed by atoms with Crippen LogP contribution in [0, 0.1) is 0 Å². The molecule has 0 unspecified atom stereocenters. The van der Waals surface area contributed by atoms with Gasteiger partial charge in [-0.3, -0.25) is 9.05 Å². The SMILES string of the molecule is O=[33P](O)(O)OC[C@H]1O[C@H](O[33P](=O)(O)O)[C@H](O)[C@@H](O)[C@@H]1O. The highest BCUT2D eigenvalue weighted by Crippen LogP contribution is 2.41. The Balaban J connectivity index is 2.76. The van der Waals surface area contributed by atoms with Crippen molar-refractivity contribution in [3.63, 3.8) is 0 Å². The number of phosphoric acid groups is 2. The third-order valence-corrected chi connectivity index (χ3v) is 3.28. The smallest absolute Gasteiger partial charge is 0.387 e. The number of rotatable bonds is 5. The van der Waals surface area contributed by atoms with E-state index in [4.69, 9.17) is 24.3 Å². The number of ether oxygens (including phenoxy) is 1. The Morgan fingerprint density at radius 2 is 1.45 bits per heavy atom. The summed E-state index contributed by atoms with van der Waals surface area (Å²) in [5, 5.41) is 28.4. The van der Waals surface area contributed by atoms with Crippen LogP contribution in [-0.4, -0.2) is 72.2 Å². The molecule has 0 bridgehead atoms. The third kappa shape index (κ3) is 5.45. The van der Waals surface area contributed by atoms with Gasteiger partial charge in [0.1, 0.15) is 24.4 Å². The molecule has 1 aliphatic rings. The van der Waals surface area contributed by atoms with Gasteiger partial charge in [-0.25, -0.2) is 9.13 Å². The minimum atomic E-state index is -5.07. The van der Waals surface area contributed by atoms with E-state index in [1.165, 1.54) is 0 Å².